The first kappa shape index (κ1) is 24.3. The normalized spacial score (nSPS) is 18.0. The maximum Gasteiger partial charge on any atom is 0.301 e. The number of pyridine rings is 2. The molecule has 1 aromatic carbocycles. The summed E-state index contributed by atoms with van der Waals surface area (Å²) >= 11 is 0. The second kappa shape index (κ2) is 9.49. The van der Waals surface area contributed by atoms with Crippen LogP contribution in [0.15, 0.2) is 71.6 Å². The van der Waals surface area contributed by atoms with Gasteiger partial charge >= 0.3 is 6.01 Å². The first-order valence-corrected chi connectivity index (χ1v) is 13.2. The Balaban J connectivity index is 1.29. The van der Waals surface area contributed by atoms with Crippen molar-refractivity contribution in [3.8, 4) is 11.4 Å². The lowest BCUT2D eigenvalue weighted by atomic mass is 9.80. The highest BCUT2D eigenvalue weighted by molar-refractivity contribution is 6.02. The summed E-state index contributed by atoms with van der Waals surface area (Å²) in [5.41, 5.74) is 4.57. The Hall–Kier alpha value is -4.70. The van der Waals surface area contributed by atoms with Crippen molar-refractivity contribution < 1.29 is 8.81 Å². The van der Waals surface area contributed by atoms with E-state index in [-0.39, 0.29) is 23.3 Å². The minimum absolute atomic E-state index is 0.0365. The largest absolute Gasteiger partial charge is 0.423 e. The Morgan fingerprint density at radius 2 is 1.98 bits per heavy atom. The van der Waals surface area contributed by atoms with Gasteiger partial charge in [0, 0.05) is 42.2 Å². The van der Waals surface area contributed by atoms with E-state index in [9.17, 15) is 4.39 Å². The Bertz CT molecular complexity index is 1830. The van der Waals surface area contributed by atoms with Gasteiger partial charge in [-0.05, 0) is 48.2 Å². The van der Waals surface area contributed by atoms with Crippen LogP contribution in [-0.4, -0.2) is 44.1 Å². The van der Waals surface area contributed by atoms with E-state index in [4.69, 9.17) is 14.4 Å². The molecule has 3 N–H and O–H groups in total. The van der Waals surface area contributed by atoms with Crippen LogP contribution >= 0.6 is 0 Å². The van der Waals surface area contributed by atoms with Gasteiger partial charge in [0.2, 0.25) is 0 Å². The Morgan fingerprint density at radius 1 is 1.07 bits per heavy atom. The molecule has 4 aromatic heterocycles. The number of nitrogens with one attached hydrogen (secondary N) is 3. The molecule has 1 atom stereocenters. The number of piperidine rings is 1. The van der Waals surface area contributed by atoms with E-state index >= 15 is 0 Å². The lowest BCUT2D eigenvalue weighted by Gasteiger charge is -2.40. The molecule has 7 rings (SSSR count). The van der Waals surface area contributed by atoms with Crippen molar-refractivity contribution >= 4 is 45.2 Å². The number of anilines is 3. The fourth-order valence-electron chi connectivity index (χ4n) is 5.21. The Morgan fingerprint density at radius 3 is 2.80 bits per heavy atom. The molecule has 10 heteroatoms. The molecule has 40 heavy (non-hydrogen) atoms. The van der Waals surface area contributed by atoms with Gasteiger partial charge in [0.1, 0.15) is 23.0 Å². The highest BCUT2D eigenvalue weighted by Gasteiger charge is 2.33. The van der Waals surface area contributed by atoms with E-state index in [1.54, 1.807) is 18.5 Å². The average molecular weight is 535 g/mol. The Labute approximate surface area is 229 Å². The summed E-state index contributed by atoms with van der Waals surface area (Å²) < 4.78 is 19.2. The van der Waals surface area contributed by atoms with Crippen LogP contribution in [0, 0.1) is 11.2 Å². The first-order valence-electron chi connectivity index (χ1n) is 13.2. The lowest BCUT2D eigenvalue weighted by molar-refractivity contribution is 0.236. The van der Waals surface area contributed by atoms with E-state index in [0.29, 0.717) is 22.7 Å². The van der Waals surface area contributed by atoms with E-state index in [1.165, 1.54) is 12.1 Å². The highest BCUT2D eigenvalue weighted by atomic mass is 19.1. The van der Waals surface area contributed by atoms with Gasteiger partial charge in [0.05, 0.1) is 17.1 Å². The molecule has 5 aromatic rings. The molecule has 1 saturated heterocycles. The number of rotatable bonds is 6. The van der Waals surface area contributed by atoms with Crippen molar-refractivity contribution in [1.29, 1.82) is 0 Å². The zero-order chi connectivity index (χ0) is 27.3. The van der Waals surface area contributed by atoms with Gasteiger partial charge in [-0.3, -0.25) is 10.3 Å². The van der Waals surface area contributed by atoms with Crippen molar-refractivity contribution in [1.82, 2.24) is 30.2 Å². The van der Waals surface area contributed by atoms with Crippen LogP contribution in [0.1, 0.15) is 25.8 Å². The fourth-order valence-corrected chi connectivity index (χ4v) is 5.21. The minimum atomic E-state index is -0.386. The molecule has 0 unspecified atom stereocenters. The lowest BCUT2D eigenvalue weighted by Crippen LogP contribution is -2.49. The molecule has 5 heterocycles. The second-order valence-corrected chi connectivity index (χ2v) is 10.8. The first-order chi connectivity index (χ1) is 19.4. The molecule has 1 aliphatic carbocycles. The van der Waals surface area contributed by atoms with Crippen molar-refractivity contribution in [2.45, 2.75) is 26.3 Å². The second-order valence-electron chi connectivity index (χ2n) is 10.8. The molecule has 0 saturated carbocycles. The molecule has 0 radical (unpaired) electrons. The van der Waals surface area contributed by atoms with E-state index in [0.717, 1.165) is 52.9 Å². The third-order valence-corrected chi connectivity index (χ3v) is 7.52. The van der Waals surface area contributed by atoms with Crippen LogP contribution in [0.5, 0.6) is 0 Å². The zero-order valence-corrected chi connectivity index (χ0v) is 22.1. The molecule has 1 aliphatic heterocycles. The zero-order valence-electron chi connectivity index (χ0n) is 22.1. The smallest absolute Gasteiger partial charge is 0.301 e. The molecular formula is C30H27FN8O. The van der Waals surface area contributed by atoms with Gasteiger partial charge in [-0.25, -0.2) is 19.3 Å². The number of hydrogen-bond donors (Lipinski definition) is 3. The monoisotopic (exact) mass is 534 g/mol. The number of oxazole rings is 1. The van der Waals surface area contributed by atoms with Crippen LogP contribution in [0.3, 0.4) is 0 Å². The molecule has 0 spiro atoms. The molecule has 0 amide bonds. The minimum Gasteiger partial charge on any atom is -0.423 e. The van der Waals surface area contributed by atoms with Crippen LogP contribution in [0.2, 0.25) is 0 Å². The number of fused-ring (bicyclic) bond motifs is 2. The topological polar surface area (TPSA) is 114 Å². The number of halogens is 1. The fraction of sp³-hybridized carbons (Fsp3) is 0.233. The Kier molecular flexibility index (Phi) is 5.78. The SMILES string of the molecule is CC1(C)CNCC[C@@H]1Nc1nc(-c2ccnc(Nc3nc4ccc(F)cc4o3)c2)nc2cncc(C3=CC=C3)c12. The summed E-state index contributed by atoms with van der Waals surface area (Å²) in [6.07, 6.45) is 12.5. The maximum atomic E-state index is 13.6. The van der Waals surface area contributed by atoms with Crippen LogP contribution < -0.4 is 16.0 Å². The number of aromatic nitrogens is 5. The van der Waals surface area contributed by atoms with Gasteiger partial charge in [0.15, 0.2) is 11.4 Å². The van der Waals surface area contributed by atoms with Crippen molar-refractivity contribution in [3.63, 3.8) is 0 Å². The van der Waals surface area contributed by atoms with Crippen LogP contribution in [0.25, 0.3) is 39.0 Å². The van der Waals surface area contributed by atoms with Gasteiger partial charge in [-0.1, -0.05) is 32.1 Å². The van der Waals surface area contributed by atoms with Crippen molar-refractivity contribution in [3.05, 3.63) is 78.5 Å². The number of nitrogens with zero attached hydrogens (tertiary/aromatic N) is 5. The standard InChI is InChI=1S/C30H27FN8O/c1-30(2)16-32-10-9-24(30)37-28-26-20(17-4-3-5-17)14-33-15-22(26)35-27(39-28)18-8-11-34-25(12-18)38-29-36-21-7-6-19(31)13-23(21)40-29/h3-8,11-15,24,32H,9-10,16H2,1-2H3,(H,34,36,38)(H,35,37,39)/t24-/m0/s1. The number of allylic oxidation sites excluding steroid dienone is 4. The average Bonchev–Trinajstić information content (AvgIpc) is 3.30. The van der Waals surface area contributed by atoms with Gasteiger partial charge in [-0.15, -0.1) is 0 Å². The third-order valence-electron chi connectivity index (χ3n) is 7.52. The predicted molar refractivity (Wildman–Crippen MR) is 154 cm³/mol. The summed E-state index contributed by atoms with van der Waals surface area (Å²) in [6, 6.07) is 8.36. The summed E-state index contributed by atoms with van der Waals surface area (Å²) in [6.45, 7) is 6.40. The van der Waals surface area contributed by atoms with Crippen LogP contribution in [0.4, 0.5) is 22.0 Å². The van der Waals surface area contributed by atoms with Gasteiger partial charge in [0.25, 0.3) is 0 Å². The number of benzene rings is 1. The van der Waals surface area contributed by atoms with E-state index < -0.39 is 0 Å². The highest BCUT2D eigenvalue weighted by Crippen LogP contribution is 2.36. The number of hydrogen-bond acceptors (Lipinski definition) is 9. The van der Waals surface area contributed by atoms with Gasteiger partial charge < -0.3 is 15.1 Å². The van der Waals surface area contributed by atoms with Crippen LogP contribution in [-0.2, 0) is 0 Å². The third kappa shape index (κ3) is 4.46. The summed E-state index contributed by atoms with van der Waals surface area (Å²) in [4.78, 5) is 23.3. The molecular weight excluding hydrogens is 507 g/mol. The van der Waals surface area contributed by atoms with E-state index in [1.807, 2.05) is 24.4 Å². The van der Waals surface area contributed by atoms with Gasteiger partial charge in [-0.2, -0.15) is 4.98 Å². The van der Waals surface area contributed by atoms with Crippen molar-refractivity contribution in [2.24, 2.45) is 5.41 Å². The van der Waals surface area contributed by atoms with Crippen molar-refractivity contribution in [2.75, 3.05) is 23.7 Å². The molecule has 9 nitrogen and oxygen atoms in total. The molecule has 2 aliphatic rings. The molecule has 200 valence electrons. The maximum absolute atomic E-state index is 13.6. The summed E-state index contributed by atoms with van der Waals surface area (Å²) in [5, 5.41) is 11.3. The quantitative estimate of drug-likeness (QED) is 0.246. The summed E-state index contributed by atoms with van der Waals surface area (Å²) in [5.74, 6) is 1.44. The summed E-state index contributed by atoms with van der Waals surface area (Å²) in [7, 11) is 0. The molecule has 1 fully saturated rings. The van der Waals surface area contributed by atoms with E-state index in [2.05, 4.69) is 56.9 Å². The predicted octanol–water partition coefficient (Wildman–Crippen LogP) is 5.86. The molecule has 0 bridgehead atoms.